The summed E-state index contributed by atoms with van der Waals surface area (Å²) < 4.78 is 9.55. The van der Waals surface area contributed by atoms with Crippen LogP contribution in [0.5, 0.6) is 0 Å². The van der Waals surface area contributed by atoms with Crippen molar-refractivity contribution in [1.82, 2.24) is 4.98 Å². The number of aromatic nitrogens is 1. The Bertz CT molecular complexity index is 245. The molecule has 1 aromatic heterocycles. The lowest BCUT2D eigenvalue weighted by atomic mass is 10.5. The Hall–Kier alpha value is -0.840. The summed E-state index contributed by atoms with van der Waals surface area (Å²) in [6.45, 7) is 2.20. The van der Waals surface area contributed by atoms with Gasteiger partial charge in [-0.1, -0.05) is 15.9 Å². The van der Waals surface area contributed by atoms with Crippen LogP contribution in [0.4, 0.5) is 0 Å². The summed E-state index contributed by atoms with van der Waals surface area (Å²) in [6.07, 6.45) is 2.51. The molecular weight excluding hydrogens is 226 g/mol. The normalized spacial score (nSPS) is 12.5. The predicted molar refractivity (Wildman–Crippen MR) is 45.2 cm³/mol. The van der Waals surface area contributed by atoms with E-state index in [0.717, 1.165) is 0 Å². The minimum absolute atomic E-state index is 0.128. The molecular formula is C7H8BrNO3. The highest BCUT2D eigenvalue weighted by Crippen LogP contribution is 2.03. The second-order valence-corrected chi connectivity index (χ2v) is 3.81. The predicted octanol–water partition coefficient (Wildman–Crippen LogP) is 1.61. The Morgan fingerprint density at radius 3 is 3.17 bits per heavy atom. The fourth-order valence-corrected chi connectivity index (χ4v) is 0.710. The first-order valence-electron chi connectivity index (χ1n) is 3.40. The minimum Gasteiger partial charge on any atom is -0.459 e. The van der Waals surface area contributed by atoms with Gasteiger partial charge in [0.2, 0.25) is 5.76 Å². The Morgan fingerprint density at radius 1 is 1.92 bits per heavy atom. The van der Waals surface area contributed by atoms with Gasteiger partial charge in [-0.05, 0) is 6.92 Å². The monoisotopic (exact) mass is 233 g/mol. The zero-order valence-electron chi connectivity index (χ0n) is 6.49. The van der Waals surface area contributed by atoms with Crippen LogP contribution in [0.2, 0.25) is 0 Å². The molecule has 1 unspecified atom stereocenters. The van der Waals surface area contributed by atoms with Crippen LogP contribution in [0.15, 0.2) is 17.0 Å². The molecule has 0 radical (unpaired) electrons. The molecule has 12 heavy (non-hydrogen) atoms. The number of hydrogen-bond acceptors (Lipinski definition) is 4. The van der Waals surface area contributed by atoms with E-state index in [1.54, 1.807) is 0 Å². The summed E-state index contributed by atoms with van der Waals surface area (Å²) in [6, 6.07) is 0. The highest BCUT2D eigenvalue weighted by atomic mass is 79.9. The average molecular weight is 234 g/mol. The van der Waals surface area contributed by atoms with E-state index in [-0.39, 0.29) is 10.6 Å². The second-order valence-electron chi connectivity index (χ2n) is 2.24. The number of rotatable bonds is 3. The standard InChI is InChI=1S/C7H8BrNO3/c1-5(8)3-11-7(10)6-2-9-4-12-6/h2,4-5H,3H2,1H3. The highest BCUT2D eigenvalue weighted by Gasteiger charge is 2.11. The molecule has 0 fully saturated rings. The SMILES string of the molecule is CC(Br)COC(=O)c1cnco1. The number of alkyl halides is 1. The lowest BCUT2D eigenvalue weighted by Crippen LogP contribution is -2.10. The molecule has 0 aromatic carbocycles. The van der Waals surface area contributed by atoms with Gasteiger partial charge < -0.3 is 9.15 Å². The summed E-state index contributed by atoms with van der Waals surface area (Å²) in [5.74, 6) is -0.359. The van der Waals surface area contributed by atoms with Crippen molar-refractivity contribution in [2.75, 3.05) is 6.61 Å². The van der Waals surface area contributed by atoms with E-state index in [2.05, 4.69) is 20.9 Å². The molecule has 0 aliphatic rings. The van der Waals surface area contributed by atoms with E-state index in [0.29, 0.717) is 6.61 Å². The third kappa shape index (κ3) is 2.65. The third-order valence-electron chi connectivity index (χ3n) is 1.08. The van der Waals surface area contributed by atoms with Gasteiger partial charge in [0.1, 0.15) is 6.61 Å². The number of esters is 1. The highest BCUT2D eigenvalue weighted by molar-refractivity contribution is 9.09. The number of carbonyl (C=O) groups excluding carboxylic acids is 1. The molecule has 5 heteroatoms. The zero-order chi connectivity index (χ0) is 8.97. The summed E-state index contributed by atoms with van der Waals surface area (Å²) >= 11 is 3.24. The van der Waals surface area contributed by atoms with Crippen molar-refractivity contribution in [2.24, 2.45) is 0 Å². The third-order valence-corrected chi connectivity index (χ3v) is 1.34. The Balaban J connectivity index is 2.40. The fourth-order valence-electron chi connectivity index (χ4n) is 0.578. The van der Waals surface area contributed by atoms with E-state index >= 15 is 0 Å². The van der Waals surface area contributed by atoms with E-state index in [4.69, 9.17) is 9.15 Å². The molecule has 0 saturated carbocycles. The van der Waals surface area contributed by atoms with E-state index in [9.17, 15) is 4.79 Å². The fraction of sp³-hybridized carbons (Fsp3) is 0.429. The molecule has 1 aromatic rings. The molecule has 0 amide bonds. The van der Waals surface area contributed by atoms with Gasteiger partial charge in [0.15, 0.2) is 6.39 Å². The van der Waals surface area contributed by atoms with Crippen molar-refractivity contribution >= 4 is 21.9 Å². The van der Waals surface area contributed by atoms with Crippen molar-refractivity contribution < 1.29 is 13.9 Å². The number of nitrogens with zero attached hydrogens (tertiary/aromatic N) is 1. The van der Waals surface area contributed by atoms with Crippen molar-refractivity contribution in [3.05, 3.63) is 18.4 Å². The largest absolute Gasteiger partial charge is 0.459 e. The molecule has 1 rings (SSSR count). The van der Waals surface area contributed by atoms with Crippen LogP contribution < -0.4 is 0 Å². The number of ether oxygens (including phenoxy) is 1. The van der Waals surface area contributed by atoms with E-state index in [1.165, 1.54) is 12.6 Å². The Kier molecular flexibility index (Phi) is 3.28. The number of oxazole rings is 1. The molecule has 0 N–H and O–H groups in total. The molecule has 0 aliphatic heterocycles. The molecule has 0 spiro atoms. The summed E-state index contributed by atoms with van der Waals surface area (Å²) in [5, 5.41) is 0. The van der Waals surface area contributed by atoms with Gasteiger partial charge >= 0.3 is 5.97 Å². The molecule has 66 valence electrons. The van der Waals surface area contributed by atoms with E-state index < -0.39 is 5.97 Å². The van der Waals surface area contributed by atoms with Gasteiger partial charge in [0.25, 0.3) is 0 Å². The Labute approximate surface area is 78.0 Å². The maximum absolute atomic E-state index is 11.0. The first-order valence-corrected chi connectivity index (χ1v) is 4.31. The molecule has 4 nitrogen and oxygen atoms in total. The van der Waals surface area contributed by atoms with Crippen molar-refractivity contribution in [1.29, 1.82) is 0 Å². The summed E-state index contributed by atoms with van der Waals surface area (Å²) in [7, 11) is 0. The van der Waals surface area contributed by atoms with Gasteiger partial charge in [-0.3, -0.25) is 0 Å². The van der Waals surface area contributed by atoms with E-state index in [1.807, 2.05) is 6.92 Å². The molecule has 0 aliphatic carbocycles. The van der Waals surface area contributed by atoms with Gasteiger partial charge in [0, 0.05) is 4.83 Å². The topological polar surface area (TPSA) is 52.3 Å². The van der Waals surface area contributed by atoms with Crippen LogP contribution in [-0.4, -0.2) is 22.4 Å². The first kappa shape index (κ1) is 9.25. The minimum atomic E-state index is -0.487. The van der Waals surface area contributed by atoms with Gasteiger partial charge in [-0.15, -0.1) is 0 Å². The molecule has 0 saturated heterocycles. The molecule has 0 bridgehead atoms. The van der Waals surface area contributed by atoms with Crippen LogP contribution in [-0.2, 0) is 4.74 Å². The maximum atomic E-state index is 11.0. The molecule has 1 atom stereocenters. The van der Waals surface area contributed by atoms with Gasteiger partial charge in [-0.2, -0.15) is 0 Å². The zero-order valence-corrected chi connectivity index (χ0v) is 8.08. The smallest absolute Gasteiger partial charge is 0.375 e. The van der Waals surface area contributed by atoms with Crippen molar-refractivity contribution in [3.63, 3.8) is 0 Å². The van der Waals surface area contributed by atoms with Crippen molar-refractivity contribution in [3.8, 4) is 0 Å². The Morgan fingerprint density at radius 2 is 2.67 bits per heavy atom. The summed E-state index contributed by atoms with van der Waals surface area (Å²) in [5.41, 5.74) is 0. The second kappa shape index (κ2) is 4.25. The van der Waals surface area contributed by atoms with Crippen LogP contribution in [0.1, 0.15) is 17.5 Å². The first-order chi connectivity index (χ1) is 5.70. The van der Waals surface area contributed by atoms with Crippen LogP contribution in [0.25, 0.3) is 0 Å². The number of hydrogen-bond donors (Lipinski definition) is 0. The van der Waals surface area contributed by atoms with Crippen LogP contribution in [0.3, 0.4) is 0 Å². The van der Waals surface area contributed by atoms with Crippen molar-refractivity contribution in [2.45, 2.75) is 11.8 Å². The lowest BCUT2D eigenvalue weighted by Gasteiger charge is -2.02. The lowest BCUT2D eigenvalue weighted by molar-refractivity contribution is 0.0475. The molecule has 1 heterocycles. The summed E-state index contributed by atoms with van der Waals surface area (Å²) in [4.78, 5) is 14.8. The quantitative estimate of drug-likeness (QED) is 0.588. The van der Waals surface area contributed by atoms with Gasteiger partial charge in [-0.25, -0.2) is 9.78 Å². The number of halogens is 1. The van der Waals surface area contributed by atoms with Gasteiger partial charge in [0.05, 0.1) is 6.20 Å². The van der Waals surface area contributed by atoms with Crippen LogP contribution in [0, 0.1) is 0 Å². The van der Waals surface area contributed by atoms with Crippen LogP contribution >= 0.6 is 15.9 Å². The number of carbonyl (C=O) groups is 1. The average Bonchev–Trinajstić information content (AvgIpc) is 2.51. The maximum Gasteiger partial charge on any atom is 0.375 e.